The Hall–Kier alpha value is -2.89. The Kier molecular flexibility index (Phi) is 4.23. The molecule has 6 heteroatoms. The molecule has 0 saturated carbocycles. The van der Waals surface area contributed by atoms with Gasteiger partial charge in [0.15, 0.2) is 5.82 Å². The van der Waals surface area contributed by atoms with E-state index in [2.05, 4.69) is 19.9 Å². The molecule has 1 aromatic carbocycles. The Morgan fingerprint density at radius 1 is 1.13 bits per heavy atom. The van der Waals surface area contributed by atoms with E-state index < -0.39 is 0 Å². The van der Waals surface area contributed by atoms with Crippen molar-refractivity contribution in [3.8, 4) is 17.4 Å². The van der Waals surface area contributed by atoms with Gasteiger partial charge in [-0.25, -0.2) is 14.4 Å². The summed E-state index contributed by atoms with van der Waals surface area (Å²) in [4.78, 5) is 17.0. The van der Waals surface area contributed by atoms with Crippen LogP contribution in [0.3, 0.4) is 0 Å². The zero-order chi connectivity index (χ0) is 16.2. The second-order valence-corrected chi connectivity index (χ2v) is 5.07. The van der Waals surface area contributed by atoms with E-state index in [4.69, 9.17) is 4.74 Å². The van der Waals surface area contributed by atoms with E-state index in [0.29, 0.717) is 17.4 Å². The van der Waals surface area contributed by atoms with Gasteiger partial charge in [-0.15, -0.1) is 0 Å². The lowest BCUT2D eigenvalue weighted by molar-refractivity contribution is 0.290. The van der Waals surface area contributed by atoms with Crippen LogP contribution in [0.1, 0.15) is 16.8 Å². The number of aromatic nitrogens is 4. The van der Waals surface area contributed by atoms with Crippen molar-refractivity contribution in [1.29, 1.82) is 0 Å². The SMILES string of the molecule is Cc1nc(-c2cnccn2)nc(OCc2cccc(F)c2)c1C. The van der Waals surface area contributed by atoms with Gasteiger partial charge in [-0.2, -0.15) is 4.98 Å². The molecule has 0 spiro atoms. The number of halogens is 1. The molecule has 2 heterocycles. The molecule has 116 valence electrons. The number of nitrogens with zero attached hydrogens (tertiary/aromatic N) is 4. The zero-order valence-electron chi connectivity index (χ0n) is 12.8. The first-order valence-electron chi connectivity index (χ1n) is 7.12. The maximum Gasteiger partial charge on any atom is 0.220 e. The van der Waals surface area contributed by atoms with Crippen molar-refractivity contribution >= 4 is 0 Å². The highest BCUT2D eigenvalue weighted by Crippen LogP contribution is 2.22. The summed E-state index contributed by atoms with van der Waals surface area (Å²) < 4.78 is 19.0. The highest BCUT2D eigenvalue weighted by atomic mass is 19.1. The monoisotopic (exact) mass is 310 g/mol. The van der Waals surface area contributed by atoms with E-state index in [1.807, 2.05) is 13.8 Å². The fourth-order valence-electron chi connectivity index (χ4n) is 2.05. The topological polar surface area (TPSA) is 60.8 Å². The van der Waals surface area contributed by atoms with Gasteiger partial charge in [0, 0.05) is 23.7 Å². The van der Waals surface area contributed by atoms with Crippen molar-refractivity contribution in [2.24, 2.45) is 0 Å². The first-order chi connectivity index (χ1) is 11.1. The van der Waals surface area contributed by atoms with Crippen LogP contribution in [0.4, 0.5) is 4.39 Å². The van der Waals surface area contributed by atoms with Crippen LogP contribution < -0.4 is 4.74 Å². The molecule has 23 heavy (non-hydrogen) atoms. The van der Waals surface area contributed by atoms with Gasteiger partial charge in [0.25, 0.3) is 0 Å². The highest BCUT2D eigenvalue weighted by Gasteiger charge is 2.12. The van der Waals surface area contributed by atoms with E-state index in [9.17, 15) is 4.39 Å². The molecule has 3 rings (SSSR count). The van der Waals surface area contributed by atoms with Gasteiger partial charge < -0.3 is 4.74 Å². The largest absolute Gasteiger partial charge is 0.473 e. The van der Waals surface area contributed by atoms with Crippen molar-refractivity contribution in [2.45, 2.75) is 20.5 Å². The fraction of sp³-hybridized carbons (Fsp3) is 0.176. The van der Waals surface area contributed by atoms with E-state index in [1.165, 1.54) is 12.1 Å². The lowest BCUT2D eigenvalue weighted by atomic mass is 10.2. The van der Waals surface area contributed by atoms with Crippen LogP contribution >= 0.6 is 0 Å². The van der Waals surface area contributed by atoms with Crippen molar-refractivity contribution in [2.75, 3.05) is 0 Å². The molecule has 0 aliphatic carbocycles. The van der Waals surface area contributed by atoms with Crippen molar-refractivity contribution < 1.29 is 9.13 Å². The number of aryl methyl sites for hydroxylation is 1. The summed E-state index contributed by atoms with van der Waals surface area (Å²) in [6.45, 7) is 4.00. The zero-order valence-corrected chi connectivity index (χ0v) is 12.8. The predicted octanol–water partition coefficient (Wildman–Crippen LogP) is 3.27. The Labute approximate surface area is 133 Å². The minimum Gasteiger partial charge on any atom is -0.473 e. The van der Waals surface area contributed by atoms with Gasteiger partial charge in [-0.3, -0.25) is 4.98 Å². The van der Waals surface area contributed by atoms with Crippen LogP contribution in [0.5, 0.6) is 5.88 Å². The highest BCUT2D eigenvalue weighted by molar-refractivity contribution is 5.49. The first kappa shape index (κ1) is 15.0. The predicted molar refractivity (Wildman–Crippen MR) is 83.3 cm³/mol. The van der Waals surface area contributed by atoms with Crippen LogP contribution in [-0.4, -0.2) is 19.9 Å². The smallest absolute Gasteiger partial charge is 0.220 e. The van der Waals surface area contributed by atoms with Gasteiger partial charge >= 0.3 is 0 Å². The first-order valence-corrected chi connectivity index (χ1v) is 7.12. The summed E-state index contributed by atoms with van der Waals surface area (Å²) in [5, 5.41) is 0. The average Bonchev–Trinajstić information content (AvgIpc) is 2.57. The second-order valence-electron chi connectivity index (χ2n) is 5.07. The maximum atomic E-state index is 13.2. The molecule has 5 nitrogen and oxygen atoms in total. The van der Waals surface area contributed by atoms with E-state index in [1.54, 1.807) is 30.7 Å². The third kappa shape index (κ3) is 3.48. The normalized spacial score (nSPS) is 10.6. The van der Waals surface area contributed by atoms with Crippen LogP contribution in [0.2, 0.25) is 0 Å². The molecule has 0 atom stereocenters. The molecule has 2 aromatic heterocycles. The lowest BCUT2D eigenvalue weighted by Gasteiger charge is -2.11. The Bertz CT molecular complexity index is 824. The molecular formula is C17H15FN4O. The van der Waals surface area contributed by atoms with Crippen molar-refractivity contribution in [3.05, 3.63) is 65.5 Å². The minimum absolute atomic E-state index is 0.231. The molecule has 0 aliphatic heterocycles. The summed E-state index contributed by atoms with van der Waals surface area (Å²) in [5.74, 6) is 0.625. The maximum absolute atomic E-state index is 13.2. The summed E-state index contributed by atoms with van der Waals surface area (Å²) in [6, 6.07) is 6.29. The molecule has 0 fully saturated rings. The Morgan fingerprint density at radius 2 is 2.00 bits per heavy atom. The molecular weight excluding hydrogens is 295 g/mol. The molecule has 0 N–H and O–H groups in total. The van der Waals surface area contributed by atoms with E-state index in [-0.39, 0.29) is 12.4 Å². The third-order valence-corrected chi connectivity index (χ3v) is 3.40. The molecule has 0 amide bonds. The van der Waals surface area contributed by atoms with Gasteiger partial charge in [0.05, 0.1) is 6.20 Å². The molecule has 3 aromatic rings. The Balaban J connectivity index is 1.88. The van der Waals surface area contributed by atoms with Crippen LogP contribution in [0.15, 0.2) is 42.9 Å². The van der Waals surface area contributed by atoms with Gasteiger partial charge in [-0.05, 0) is 31.5 Å². The number of hydrogen-bond acceptors (Lipinski definition) is 5. The summed E-state index contributed by atoms with van der Waals surface area (Å²) in [5.41, 5.74) is 2.96. The van der Waals surface area contributed by atoms with Crippen LogP contribution in [0, 0.1) is 19.7 Å². The summed E-state index contributed by atoms with van der Waals surface area (Å²) in [6.07, 6.45) is 4.77. The molecule has 0 radical (unpaired) electrons. The lowest BCUT2D eigenvalue weighted by Crippen LogP contribution is -2.04. The summed E-state index contributed by atoms with van der Waals surface area (Å²) >= 11 is 0. The molecule has 0 saturated heterocycles. The minimum atomic E-state index is -0.290. The number of hydrogen-bond donors (Lipinski definition) is 0. The number of benzene rings is 1. The van der Waals surface area contributed by atoms with Crippen LogP contribution in [0.25, 0.3) is 11.5 Å². The van der Waals surface area contributed by atoms with Gasteiger partial charge in [0.2, 0.25) is 5.88 Å². The molecule has 0 aliphatic rings. The number of ether oxygens (including phenoxy) is 1. The Morgan fingerprint density at radius 3 is 2.74 bits per heavy atom. The van der Waals surface area contributed by atoms with Gasteiger partial charge in [-0.1, -0.05) is 12.1 Å². The van der Waals surface area contributed by atoms with Crippen LogP contribution in [-0.2, 0) is 6.61 Å². The van der Waals surface area contributed by atoms with Crippen molar-refractivity contribution in [1.82, 2.24) is 19.9 Å². The molecule has 0 bridgehead atoms. The second kappa shape index (κ2) is 6.48. The van der Waals surface area contributed by atoms with Crippen molar-refractivity contribution in [3.63, 3.8) is 0 Å². The average molecular weight is 310 g/mol. The fourth-order valence-corrected chi connectivity index (χ4v) is 2.05. The number of rotatable bonds is 4. The standard InChI is InChI=1S/C17H15FN4O/c1-11-12(2)21-16(15-9-19-6-7-20-15)22-17(11)23-10-13-4-3-5-14(18)8-13/h3-9H,10H2,1-2H3. The quantitative estimate of drug-likeness (QED) is 0.740. The summed E-state index contributed by atoms with van der Waals surface area (Å²) in [7, 11) is 0. The van der Waals surface area contributed by atoms with E-state index >= 15 is 0 Å². The van der Waals surface area contributed by atoms with E-state index in [0.717, 1.165) is 16.8 Å². The van der Waals surface area contributed by atoms with Gasteiger partial charge in [0.1, 0.15) is 18.1 Å². The molecule has 0 unspecified atom stereocenters. The third-order valence-electron chi connectivity index (χ3n) is 3.40.